The van der Waals surface area contributed by atoms with Gasteiger partial charge in [0, 0.05) is 0 Å². The van der Waals surface area contributed by atoms with Gasteiger partial charge in [-0.1, -0.05) is 22.9 Å². The monoisotopic (exact) mass is 215 g/mol. The second kappa shape index (κ2) is 2.34. The van der Waals surface area contributed by atoms with Gasteiger partial charge >= 0.3 is 0 Å². The maximum atomic E-state index is 5.32. The second-order valence-corrected chi connectivity index (χ2v) is 4.48. The third-order valence-electron chi connectivity index (χ3n) is 1.99. The number of hydrogen-bond donors (Lipinski definition) is 0. The zero-order chi connectivity index (χ0) is 7.90. The van der Waals surface area contributed by atoms with Gasteiger partial charge in [-0.2, -0.15) is 0 Å². The molecule has 0 amide bonds. The highest BCUT2D eigenvalue weighted by molar-refractivity contribution is 9.09. The van der Waals surface area contributed by atoms with Crippen molar-refractivity contribution in [2.24, 2.45) is 0 Å². The van der Waals surface area contributed by atoms with Crippen molar-refractivity contribution in [3.8, 4) is 0 Å². The zero-order valence-corrected chi connectivity index (χ0v) is 8.02. The van der Waals surface area contributed by atoms with Crippen LogP contribution in [0.4, 0.5) is 0 Å². The molecule has 0 radical (unpaired) electrons. The fraction of sp³-hybridized carbons (Fsp3) is 0.625. The molecule has 0 bridgehead atoms. The van der Waals surface area contributed by atoms with Gasteiger partial charge in [0.1, 0.15) is 10.6 Å². The molecule has 1 aliphatic rings. The minimum atomic E-state index is 0.0976. The Morgan fingerprint density at radius 1 is 1.73 bits per heavy atom. The SMILES string of the molecule is CCc1coc(C2(Br)CC2)n1. The number of hydrogen-bond acceptors (Lipinski definition) is 2. The number of aromatic nitrogens is 1. The molecule has 1 fully saturated rings. The summed E-state index contributed by atoms with van der Waals surface area (Å²) >= 11 is 3.58. The molecule has 1 aromatic rings. The number of oxazole rings is 1. The summed E-state index contributed by atoms with van der Waals surface area (Å²) in [5.74, 6) is 0.856. The molecule has 1 saturated carbocycles. The highest BCUT2D eigenvalue weighted by atomic mass is 79.9. The fourth-order valence-electron chi connectivity index (χ4n) is 0.999. The topological polar surface area (TPSA) is 26.0 Å². The lowest BCUT2D eigenvalue weighted by Crippen LogP contribution is -1.95. The number of aryl methyl sites for hydroxylation is 1. The first-order valence-corrected chi connectivity index (χ1v) is 4.68. The number of alkyl halides is 1. The Kier molecular flexibility index (Phi) is 1.56. The van der Waals surface area contributed by atoms with E-state index in [9.17, 15) is 0 Å². The van der Waals surface area contributed by atoms with E-state index < -0.39 is 0 Å². The summed E-state index contributed by atoms with van der Waals surface area (Å²) in [5, 5.41) is 0. The first-order valence-electron chi connectivity index (χ1n) is 3.88. The van der Waals surface area contributed by atoms with Gasteiger partial charge in [-0.15, -0.1) is 0 Å². The lowest BCUT2D eigenvalue weighted by Gasteiger charge is -1.96. The summed E-state index contributed by atoms with van der Waals surface area (Å²) in [7, 11) is 0. The lowest BCUT2D eigenvalue weighted by atomic mass is 10.4. The molecule has 0 saturated heterocycles. The summed E-state index contributed by atoms with van der Waals surface area (Å²) in [5.41, 5.74) is 1.05. The number of rotatable bonds is 2. The Bertz CT molecular complexity index is 265. The molecule has 2 rings (SSSR count). The molecule has 1 aromatic heterocycles. The molecule has 0 atom stereocenters. The highest BCUT2D eigenvalue weighted by Crippen LogP contribution is 2.53. The standard InChI is InChI=1S/C8H10BrNO/c1-2-6-5-11-7(10-6)8(9)3-4-8/h5H,2-4H2,1H3. The zero-order valence-electron chi connectivity index (χ0n) is 6.43. The van der Waals surface area contributed by atoms with Gasteiger partial charge in [-0.05, 0) is 19.3 Å². The van der Waals surface area contributed by atoms with E-state index in [0.29, 0.717) is 0 Å². The van der Waals surface area contributed by atoms with Crippen LogP contribution in [0.3, 0.4) is 0 Å². The van der Waals surface area contributed by atoms with Crippen LogP contribution in [0.2, 0.25) is 0 Å². The Balaban J connectivity index is 2.25. The average Bonchev–Trinajstić information content (AvgIpc) is 2.61. The van der Waals surface area contributed by atoms with Gasteiger partial charge in [0.25, 0.3) is 0 Å². The van der Waals surface area contributed by atoms with E-state index in [4.69, 9.17) is 4.42 Å². The van der Waals surface area contributed by atoms with Crippen LogP contribution in [0.5, 0.6) is 0 Å². The third-order valence-corrected chi connectivity index (χ3v) is 3.12. The molecule has 1 aliphatic carbocycles. The van der Waals surface area contributed by atoms with E-state index >= 15 is 0 Å². The number of halogens is 1. The molecule has 0 spiro atoms. The summed E-state index contributed by atoms with van der Waals surface area (Å²) in [6.07, 6.45) is 5.00. The van der Waals surface area contributed by atoms with Gasteiger partial charge in [-0.3, -0.25) is 0 Å². The van der Waals surface area contributed by atoms with Crippen molar-refractivity contribution in [1.29, 1.82) is 0 Å². The maximum Gasteiger partial charge on any atom is 0.211 e. The predicted octanol–water partition coefficient (Wildman–Crippen LogP) is 2.62. The molecular formula is C8H10BrNO. The average molecular weight is 216 g/mol. The normalized spacial score (nSPS) is 20.2. The molecule has 2 nitrogen and oxygen atoms in total. The Labute approximate surface area is 74.1 Å². The van der Waals surface area contributed by atoms with Crippen molar-refractivity contribution in [1.82, 2.24) is 4.98 Å². The summed E-state index contributed by atoms with van der Waals surface area (Å²) in [4.78, 5) is 4.35. The van der Waals surface area contributed by atoms with Crippen LogP contribution >= 0.6 is 15.9 Å². The molecular weight excluding hydrogens is 206 g/mol. The third kappa shape index (κ3) is 1.22. The molecule has 0 aliphatic heterocycles. The lowest BCUT2D eigenvalue weighted by molar-refractivity contribution is 0.488. The van der Waals surface area contributed by atoms with Crippen molar-refractivity contribution >= 4 is 15.9 Å². The smallest absolute Gasteiger partial charge is 0.211 e. The summed E-state index contributed by atoms with van der Waals surface area (Å²) in [6, 6.07) is 0. The first-order chi connectivity index (χ1) is 5.24. The van der Waals surface area contributed by atoms with Crippen LogP contribution in [0.1, 0.15) is 31.4 Å². The van der Waals surface area contributed by atoms with Crippen LogP contribution in [-0.4, -0.2) is 4.98 Å². The quantitative estimate of drug-likeness (QED) is 0.710. The van der Waals surface area contributed by atoms with Crippen LogP contribution < -0.4 is 0 Å². The van der Waals surface area contributed by atoms with Crippen LogP contribution in [0.15, 0.2) is 10.7 Å². The molecule has 0 N–H and O–H groups in total. The van der Waals surface area contributed by atoms with Crippen molar-refractivity contribution in [3.63, 3.8) is 0 Å². The van der Waals surface area contributed by atoms with Gasteiger partial charge < -0.3 is 4.42 Å². The molecule has 0 unspecified atom stereocenters. The van der Waals surface area contributed by atoms with Crippen LogP contribution in [0, 0.1) is 0 Å². The van der Waals surface area contributed by atoms with Crippen molar-refractivity contribution in [3.05, 3.63) is 17.8 Å². The minimum Gasteiger partial charge on any atom is -0.447 e. The van der Waals surface area contributed by atoms with Crippen molar-refractivity contribution in [2.75, 3.05) is 0 Å². The van der Waals surface area contributed by atoms with E-state index in [-0.39, 0.29) is 4.32 Å². The van der Waals surface area contributed by atoms with E-state index in [2.05, 4.69) is 27.8 Å². The largest absolute Gasteiger partial charge is 0.447 e. The first kappa shape index (κ1) is 7.35. The molecule has 3 heteroatoms. The molecule has 11 heavy (non-hydrogen) atoms. The van der Waals surface area contributed by atoms with E-state index in [0.717, 1.165) is 30.8 Å². The van der Waals surface area contributed by atoms with Gasteiger partial charge in [0.05, 0.1) is 5.69 Å². The van der Waals surface area contributed by atoms with Crippen molar-refractivity contribution < 1.29 is 4.42 Å². The van der Waals surface area contributed by atoms with E-state index in [1.807, 2.05) is 0 Å². The molecule has 0 aromatic carbocycles. The van der Waals surface area contributed by atoms with E-state index in [1.165, 1.54) is 0 Å². The molecule has 1 heterocycles. The Hall–Kier alpha value is -0.310. The van der Waals surface area contributed by atoms with Crippen LogP contribution in [0.25, 0.3) is 0 Å². The Morgan fingerprint density at radius 3 is 2.91 bits per heavy atom. The van der Waals surface area contributed by atoms with Gasteiger partial charge in [0.2, 0.25) is 5.89 Å². The fourth-order valence-corrected chi connectivity index (χ4v) is 1.38. The van der Waals surface area contributed by atoms with Crippen molar-refractivity contribution in [2.45, 2.75) is 30.5 Å². The maximum absolute atomic E-state index is 5.32. The molecule has 60 valence electrons. The number of nitrogens with zero attached hydrogens (tertiary/aromatic N) is 1. The minimum absolute atomic E-state index is 0.0976. The Morgan fingerprint density at radius 2 is 2.45 bits per heavy atom. The second-order valence-electron chi connectivity index (χ2n) is 2.96. The summed E-state index contributed by atoms with van der Waals surface area (Å²) in [6.45, 7) is 2.08. The predicted molar refractivity (Wildman–Crippen MR) is 45.7 cm³/mol. The van der Waals surface area contributed by atoms with E-state index in [1.54, 1.807) is 6.26 Å². The van der Waals surface area contributed by atoms with Gasteiger partial charge in [-0.25, -0.2) is 4.98 Å². The van der Waals surface area contributed by atoms with Gasteiger partial charge in [0.15, 0.2) is 0 Å². The van der Waals surface area contributed by atoms with Crippen LogP contribution in [-0.2, 0) is 10.7 Å². The highest BCUT2D eigenvalue weighted by Gasteiger charge is 2.46. The summed E-state index contributed by atoms with van der Waals surface area (Å²) < 4.78 is 5.42.